The van der Waals surface area contributed by atoms with Gasteiger partial charge in [-0.2, -0.15) is 13.2 Å². The highest BCUT2D eigenvalue weighted by atomic mass is 19.4. The highest BCUT2D eigenvalue weighted by molar-refractivity contribution is 5.83. The fourth-order valence-corrected chi connectivity index (χ4v) is 4.80. The van der Waals surface area contributed by atoms with E-state index in [0.29, 0.717) is 42.9 Å². The van der Waals surface area contributed by atoms with Gasteiger partial charge in [0.05, 0.1) is 24.0 Å². The van der Waals surface area contributed by atoms with Crippen molar-refractivity contribution in [3.05, 3.63) is 36.5 Å². The van der Waals surface area contributed by atoms with Crippen molar-refractivity contribution in [3.63, 3.8) is 0 Å². The Morgan fingerprint density at radius 2 is 1.94 bits per heavy atom. The van der Waals surface area contributed by atoms with Crippen LogP contribution >= 0.6 is 0 Å². The van der Waals surface area contributed by atoms with Crippen molar-refractivity contribution in [3.8, 4) is 0 Å². The Labute approximate surface area is 192 Å². The molecule has 0 spiro atoms. The number of pyridine rings is 1. The number of nitrogens with one attached hydrogen (secondary N) is 1. The lowest BCUT2D eigenvalue weighted by atomic mass is 10.1. The molecular weight excluding hydrogens is 455 g/mol. The van der Waals surface area contributed by atoms with Gasteiger partial charge < -0.3 is 30.1 Å². The molecule has 4 N–H and O–H groups in total. The molecule has 10 nitrogen and oxygen atoms in total. The first kappa shape index (κ1) is 22.7. The van der Waals surface area contributed by atoms with Crippen LogP contribution < -0.4 is 10.2 Å². The van der Waals surface area contributed by atoms with Crippen molar-refractivity contribution in [1.29, 1.82) is 0 Å². The van der Waals surface area contributed by atoms with Gasteiger partial charge in [-0.05, 0) is 25.0 Å². The Balaban J connectivity index is 1.33. The molecule has 1 aliphatic heterocycles. The summed E-state index contributed by atoms with van der Waals surface area (Å²) in [6.07, 6.45) is -1.45. The van der Waals surface area contributed by atoms with Gasteiger partial charge in [-0.15, -0.1) is 0 Å². The monoisotopic (exact) mass is 479 g/mol. The molecule has 0 bridgehead atoms. The van der Waals surface area contributed by atoms with Crippen LogP contribution in [0.3, 0.4) is 0 Å². The summed E-state index contributed by atoms with van der Waals surface area (Å²) in [4.78, 5) is 18.9. The lowest BCUT2D eigenvalue weighted by Crippen LogP contribution is -2.30. The molecule has 0 aromatic carbocycles. The van der Waals surface area contributed by atoms with Gasteiger partial charge in [0.15, 0.2) is 11.5 Å². The normalized spacial score (nSPS) is 27.6. The van der Waals surface area contributed by atoms with E-state index in [1.807, 2.05) is 0 Å². The summed E-state index contributed by atoms with van der Waals surface area (Å²) in [6, 6.07) is 1.41. The van der Waals surface area contributed by atoms with Gasteiger partial charge in [0.2, 0.25) is 0 Å². The van der Waals surface area contributed by atoms with Gasteiger partial charge in [-0.3, -0.25) is 0 Å². The van der Waals surface area contributed by atoms with Gasteiger partial charge in [0.25, 0.3) is 0 Å². The first-order valence-corrected chi connectivity index (χ1v) is 11.0. The lowest BCUT2D eigenvalue weighted by Gasteiger charge is -2.19. The number of hydrogen-bond donors (Lipinski definition) is 4. The number of hydrogen-bond acceptors (Lipinski definition) is 9. The predicted molar refractivity (Wildman–Crippen MR) is 115 cm³/mol. The molecule has 2 fully saturated rings. The maximum atomic E-state index is 13.0. The molecule has 1 saturated heterocycles. The van der Waals surface area contributed by atoms with Crippen LogP contribution in [-0.2, 0) is 6.18 Å². The summed E-state index contributed by atoms with van der Waals surface area (Å²) in [5.74, 6) is 0.300. The van der Waals surface area contributed by atoms with E-state index in [-0.39, 0.29) is 18.5 Å². The van der Waals surface area contributed by atoms with E-state index in [2.05, 4.69) is 25.3 Å². The zero-order valence-electron chi connectivity index (χ0n) is 18.0. The van der Waals surface area contributed by atoms with Crippen LogP contribution in [0.2, 0.25) is 0 Å². The molecule has 0 unspecified atom stereocenters. The van der Waals surface area contributed by atoms with E-state index >= 15 is 0 Å². The molecule has 3 aromatic heterocycles. The minimum Gasteiger partial charge on any atom is -0.396 e. The van der Waals surface area contributed by atoms with Crippen LogP contribution in [0.5, 0.6) is 0 Å². The van der Waals surface area contributed by atoms with Gasteiger partial charge in [0, 0.05) is 37.9 Å². The number of anilines is 2. The highest BCUT2D eigenvalue weighted by Crippen LogP contribution is 2.37. The second-order valence-corrected chi connectivity index (χ2v) is 8.75. The fraction of sp³-hybridized carbons (Fsp3) is 0.524. The smallest absolute Gasteiger partial charge is 0.396 e. The van der Waals surface area contributed by atoms with E-state index < -0.39 is 35.9 Å². The van der Waals surface area contributed by atoms with Crippen molar-refractivity contribution >= 4 is 22.8 Å². The molecule has 5 rings (SSSR count). The SMILES string of the molecule is OC[C@H]1C[C@@H](n2cnc3c(N[C@H]4CCN(c5cc(C(F)(F)F)ccn5)C4)ncnc32)[C@@H](O)[C@H]1O. The molecule has 0 amide bonds. The van der Waals surface area contributed by atoms with Gasteiger partial charge >= 0.3 is 6.18 Å². The maximum absolute atomic E-state index is 13.0. The Hall–Kier alpha value is -3.03. The predicted octanol–water partition coefficient (Wildman–Crippen LogP) is 1.21. The summed E-state index contributed by atoms with van der Waals surface area (Å²) in [6.45, 7) is 0.734. The number of imidazole rings is 1. The number of nitrogens with zero attached hydrogens (tertiary/aromatic N) is 6. The second-order valence-electron chi connectivity index (χ2n) is 8.75. The summed E-state index contributed by atoms with van der Waals surface area (Å²) in [5.41, 5.74) is 0.216. The number of rotatable bonds is 5. The van der Waals surface area contributed by atoms with Crippen LogP contribution in [0, 0.1) is 5.92 Å². The first-order valence-electron chi connectivity index (χ1n) is 11.0. The summed E-state index contributed by atoms with van der Waals surface area (Å²) < 4.78 is 40.8. The molecule has 2 aliphatic rings. The summed E-state index contributed by atoms with van der Waals surface area (Å²) in [5, 5.41) is 33.4. The average molecular weight is 479 g/mol. The molecule has 0 radical (unpaired) electrons. The lowest BCUT2D eigenvalue weighted by molar-refractivity contribution is -0.137. The molecule has 1 aliphatic carbocycles. The minimum absolute atomic E-state index is 0.0998. The molecule has 34 heavy (non-hydrogen) atoms. The van der Waals surface area contributed by atoms with Crippen molar-refractivity contribution in [2.45, 2.75) is 43.3 Å². The van der Waals surface area contributed by atoms with E-state index in [4.69, 9.17) is 0 Å². The molecule has 182 valence electrons. The van der Waals surface area contributed by atoms with Crippen LogP contribution in [0.4, 0.5) is 24.8 Å². The third kappa shape index (κ3) is 4.03. The Bertz CT molecular complexity index is 1170. The highest BCUT2D eigenvalue weighted by Gasteiger charge is 2.42. The maximum Gasteiger partial charge on any atom is 0.416 e. The van der Waals surface area contributed by atoms with Crippen molar-refractivity contribution < 1.29 is 28.5 Å². The quantitative estimate of drug-likeness (QED) is 0.426. The number of aliphatic hydroxyl groups excluding tert-OH is 3. The standard InChI is InChI=1S/C21H24F3N7O3/c22-21(23,24)12-1-3-25-15(6-12)30-4-2-13(7-30)29-19-16-20(27-9-26-19)31(10-28-16)14-5-11(8-32)17(33)18(14)34/h1,3,6,9-11,13-14,17-18,32-34H,2,4-5,7-8H2,(H,26,27,29)/t11-,13+,14-,17+,18-/m1/s1. The molecule has 1 saturated carbocycles. The van der Waals surface area contributed by atoms with E-state index in [0.717, 1.165) is 18.3 Å². The third-order valence-electron chi connectivity index (χ3n) is 6.65. The van der Waals surface area contributed by atoms with E-state index in [1.54, 1.807) is 9.47 Å². The zero-order chi connectivity index (χ0) is 24.0. The third-order valence-corrected chi connectivity index (χ3v) is 6.65. The summed E-state index contributed by atoms with van der Waals surface area (Å²) in [7, 11) is 0. The Morgan fingerprint density at radius 3 is 2.68 bits per heavy atom. The van der Waals surface area contributed by atoms with Gasteiger partial charge in [-0.25, -0.2) is 19.9 Å². The topological polar surface area (TPSA) is 132 Å². The minimum atomic E-state index is -4.43. The van der Waals surface area contributed by atoms with E-state index in [1.165, 1.54) is 12.7 Å². The fourth-order valence-electron chi connectivity index (χ4n) is 4.80. The van der Waals surface area contributed by atoms with Crippen LogP contribution in [0.1, 0.15) is 24.4 Å². The zero-order valence-corrected chi connectivity index (χ0v) is 18.0. The molecule has 4 heterocycles. The number of halogens is 3. The summed E-state index contributed by atoms with van der Waals surface area (Å²) >= 11 is 0. The van der Waals surface area contributed by atoms with E-state index in [9.17, 15) is 28.5 Å². The Morgan fingerprint density at radius 1 is 1.12 bits per heavy atom. The molecular formula is C21H24F3N7O3. The number of alkyl halides is 3. The molecule has 3 aromatic rings. The number of aliphatic hydroxyl groups is 3. The average Bonchev–Trinajstić information content (AvgIpc) is 3.52. The van der Waals surface area contributed by atoms with Crippen LogP contribution in [0.25, 0.3) is 11.2 Å². The van der Waals surface area contributed by atoms with Crippen molar-refractivity contribution in [1.82, 2.24) is 24.5 Å². The van der Waals surface area contributed by atoms with Gasteiger partial charge in [-0.1, -0.05) is 0 Å². The number of aromatic nitrogens is 5. The largest absolute Gasteiger partial charge is 0.416 e. The van der Waals surface area contributed by atoms with Crippen molar-refractivity contribution in [2.24, 2.45) is 5.92 Å². The molecule has 13 heteroatoms. The van der Waals surface area contributed by atoms with Crippen molar-refractivity contribution in [2.75, 3.05) is 29.9 Å². The van der Waals surface area contributed by atoms with Gasteiger partial charge in [0.1, 0.15) is 23.8 Å². The van der Waals surface area contributed by atoms with Crippen LogP contribution in [-0.4, -0.2) is 77.8 Å². The second kappa shape index (κ2) is 8.64. The first-order chi connectivity index (χ1) is 16.3. The number of fused-ring (bicyclic) bond motifs is 1. The molecule has 5 atom stereocenters. The Kier molecular flexibility index (Phi) is 5.78. The van der Waals surface area contributed by atoms with Crippen LogP contribution in [0.15, 0.2) is 31.0 Å².